The SMILES string of the molecule is O=C(NCC12CC3CC(CC(C3)C1)C2)C1CCN(Cl)C(CCCNCCCO)C1. The number of hydrogen-bond acceptors (Lipinski definition) is 4. The molecule has 2 atom stereocenters. The van der Waals surface area contributed by atoms with Gasteiger partial charge >= 0.3 is 0 Å². The average Bonchev–Trinajstić information content (AvgIpc) is 2.69. The van der Waals surface area contributed by atoms with E-state index in [2.05, 4.69) is 10.6 Å². The van der Waals surface area contributed by atoms with Crippen LogP contribution in [0, 0.1) is 29.1 Å². The fourth-order valence-electron chi connectivity index (χ4n) is 7.24. The monoisotopic (exact) mass is 425 g/mol. The number of nitrogens with one attached hydrogen (secondary N) is 2. The summed E-state index contributed by atoms with van der Waals surface area (Å²) in [5, 5.41) is 15.6. The molecule has 4 aliphatic carbocycles. The largest absolute Gasteiger partial charge is 0.396 e. The van der Waals surface area contributed by atoms with E-state index < -0.39 is 0 Å². The summed E-state index contributed by atoms with van der Waals surface area (Å²) in [4.78, 5) is 13.0. The number of carbonyl (C=O) groups excluding carboxylic acids is 1. The third-order valence-electron chi connectivity index (χ3n) is 8.22. The van der Waals surface area contributed by atoms with E-state index in [0.29, 0.717) is 11.5 Å². The molecule has 5 aliphatic rings. The van der Waals surface area contributed by atoms with Crippen LogP contribution in [-0.2, 0) is 4.79 Å². The minimum atomic E-state index is 0.117. The van der Waals surface area contributed by atoms with Crippen LogP contribution in [0.5, 0.6) is 0 Å². The van der Waals surface area contributed by atoms with Crippen molar-refractivity contribution in [3.8, 4) is 0 Å². The van der Waals surface area contributed by atoms with Crippen LogP contribution >= 0.6 is 11.8 Å². The first kappa shape index (κ1) is 21.9. The van der Waals surface area contributed by atoms with Crippen LogP contribution in [0.15, 0.2) is 0 Å². The number of aliphatic hydroxyl groups is 1. The normalized spacial score (nSPS) is 39.0. The Bertz CT molecular complexity index is 523. The zero-order valence-electron chi connectivity index (χ0n) is 17.9. The highest BCUT2D eigenvalue weighted by molar-refractivity contribution is 6.13. The van der Waals surface area contributed by atoms with E-state index in [1.807, 2.05) is 4.42 Å². The Labute approximate surface area is 181 Å². The van der Waals surface area contributed by atoms with E-state index in [0.717, 1.165) is 76.0 Å². The van der Waals surface area contributed by atoms with Crippen molar-refractivity contribution in [1.29, 1.82) is 0 Å². The van der Waals surface area contributed by atoms with Gasteiger partial charge in [0, 0.05) is 31.7 Å². The quantitative estimate of drug-likeness (QED) is 0.371. The Morgan fingerprint density at radius 1 is 1.03 bits per heavy atom. The number of piperidine rings is 1. The van der Waals surface area contributed by atoms with Crippen LogP contribution in [0.3, 0.4) is 0 Å². The van der Waals surface area contributed by atoms with E-state index in [9.17, 15) is 4.79 Å². The highest BCUT2D eigenvalue weighted by Crippen LogP contribution is 2.59. The lowest BCUT2D eigenvalue weighted by Crippen LogP contribution is -2.52. The Balaban J connectivity index is 1.20. The van der Waals surface area contributed by atoms with Crippen molar-refractivity contribution in [2.45, 2.75) is 76.7 Å². The molecule has 6 heteroatoms. The standard InChI is InChI=1S/C23H40ClN3O2/c24-27-7-4-20(12-21(27)3-1-5-25-6-2-8-28)22(29)26-16-23-13-17-9-18(14-23)11-19(10-17)15-23/h17-21,25,28H,1-16H2,(H,26,29). The number of hydrogen-bond donors (Lipinski definition) is 3. The van der Waals surface area contributed by atoms with Crippen LogP contribution in [0.2, 0.25) is 0 Å². The maximum Gasteiger partial charge on any atom is 0.223 e. The van der Waals surface area contributed by atoms with E-state index in [4.69, 9.17) is 16.9 Å². The molecule has 5 fully saturated rings. The smallest absolute Gasteiger partial charge is 0.223 e. The second kappa shape index (κ2) is 9.84. The maximum absolute atomic E-state index is 13.0. The third-order valence-corrected chi connectivity index (χ3v) is 8.67. The Kier molecular flexibility index (Phi) is 7.42. The first-order chi connectivity index (χ1) is 14.1. The molecule has 1 saturated heterocycles. The van der Waals surface area contributed by atoms with Gasteiger partial charge in [0.1, 0.15) is 0 Å². The second-order valence-electron chi connectivity index (χ2n) is 10.6. The predicted molar refractivity (Wildman–Crippen MR) is 116 cm³/mol. The zero-order valence-corrected chi connectivity index (χ0v) is 18.6. The molecule has 0 aromatic heterocycles. The first-order valence-corrected chi connectivity index (χ1v) is 12.4. The molecule has 0 aromatic carbocycles. The highest BCUT2D eigenvalue weighted by Gasteiger charge is 2.50. The predicted octanol–water partition coefficient (Wildman–Crippen LogP) is 3.31. The lowest BCUT2D eigenvalue weighted by Gasteiger charge is -2.57. The summed E-state index contributed by atoms with van der Waals surface area (Å²) in [6.45, 7) is 3.77. The number of amides is 1. The van der Waals surface area contributed by atoms with Crippen molar-refractivity contribution < 1.29 is 9.90 Å². The van der Waals surface area contributed by atoms with Gasteiger partial charge in [-0.3, -0.25) is 4.79 Å². The van der Waals surface area contributed by atoms with Gasteiger partial charge in [0.25, 0.3) is 0 Å². The fraction of sp³-hybridized carbons (Fsp3) is 0.957. The van der Waals surface area contributed by atoms with Gasteiger partial charge < -0.3 is 15.7 Å². The van der Waals surface area contributed by atoms with Gasteiger partial charge in [0.05, 0.1) is 0 Å². The fourth-order valence-corrected chi connectivity index (χ4v) is 7.51. The topological polar surface area (TPSA) is 64.6 Å². The summed E-state index contributed by atoms with van der Waals surface area (Å²) in [5.74, 6) is 3.21. The summed E-state index contributed by atoms with van der Waals surface area (Å²) in [6, 6.07) is 0.292. The maximum atomic E-state index is 13.0. The van der Waals surface area contributed by atoms with Gasteiger partial charge in [0.15, 0.2) is 0 Å². The molecular formula is C23H40ClN3O2. The zero-order chi connectivity index (χ0) is 20.3. The molecule has 5 nitrogen and oxygen atoms in total. The number of aliphatic hydroxyl groups excluding tert-OH is 1. The minimum Gasteiger partial charge on any atom is -0.396 e. The van der Waals surface area contributed by atoms with Crippen LogP contribution in [0.4, 0.5) is 0 Å². The van der Waals surface area contributed by atoms with Gasteiger partial charge in [-0.1, -0.05) is 0 Å². The number of rotatable bonds is 10. The highest BCUT2D eigenvalue weighted by atomic mass is 35.5. The molecule has 29 heavy (non-hydrogen) atoms. The van der Waals surface area contributed by atoms with Crippen molar-refractivity contribution in [2.75, 3.05) is 32.8 Å². The van der Waals surface area contributed by atoms with Crippen LogP contribution < -0.4 is 10.6 Å². The Morgan fingerprint density at radius 2 is 1.69 bits per heavy atom. The molecule has 166 valence electrons. The van der Waals surface area contributed by atoms with Gasteiger partial charge in [-0.05, 0) is 119 Å². The molecule has 1 aliphatic heterocycles. The molecule has 2 unspecified atom stereocenters. The second-order valence-corrected chi connectivity index (χ2v) is 11.0. The molecular weight excluding hydrogens is 386 g/mol. The third kappa shape index (κ3) is 5.47. The molecule has 0 spiro atoms. The summed E-state index contributed by atoms with van der Waals surface area (Å²) < 4.78 is 1.93. The summed E-state index contributed by atoms with van der Waals surface area (Å²) in [6.07, 6.45) is 13.1. The van der Waals surface area contributed by atoms with Crippen LogP contribution in [0.1, 0.15) is 70.6 Å². The Morgan fingerprint density at radius 3 is 2.34 bits per heavy atom. The van der Waals surface area contributed by atoms with E-state index >= 15 is 0 Å². The number of halogens is 1. The van der Waals surface area contributed by atoms with Crippen molar-refractivity contribution >= 4 is 17.7 Å². The van der Waals surface area contributed by atoms with E-state index in [-0.39, 0.29) is 18.4 Å². The molecule has 3 N–H and O–H groups in total. The Hall–Kier alpha value is -0.360. The molecule has 4 saturated carbocycles. The van der Waals surface area contributed by atoms with Crippen molar-refractivity contribution in [2.24, 2.45) is 29.1 Å². The van der Waals surface area contributed by atoms with Crippen LogP contribution in [0.25, 0.3) is 0 Å². The first-order valence-electron chi connectivity index (χ1n) is 12.1. The summed E-state index contributed by atoms with van der Waals surface area (Å²) in [7, 11) is 0. The van der Waals surface area contributed by atoms with Gasteiger partial charge in [-0.25, -0.2) is 4.42 Å². The van der Waals surface area contributed by atoms with E-state index in [1.54, 1.807) is 0 Å². The molecule has 4 bridgehead atoms. The summed E-state index contributed by atoms with van der Waals surface area (Å²) >= 11 is 6.45. The molecule has 5 rings (SSSR count). The van der Waals surface area contributed by atoms with Gasteiger partial charge in [-0.15, -0.1) is 0 Å². The lowest BCUT2D eigenvalue weighted by molar-refractivity contribution is -0.128. The molecule has 1 amide bonds. The number of nitrogens with zero attached hydrogens (tertiary/aromatic N) is 1. The van der Waals surface area contributed by atoms with Crippen molar-refractivity contribution in [1.82, 2.24) is 15.1 Å². The van der Waals surface area contributed by atoms with Crippen molar-refractivity contribution in [3.05, 3.63) is 0 Å². The molecule has 0 radical (unpaired) electrons. The summed E-state index contributed by atoms with van der Waals surface area (Å²) in [5.41, 5.74) is 0.414. The average molecular weight is 426 g/mol. The molecule has 1 heterocycles. The van der Waals surface area contributed by atoms with Crippen molar-refractivity contribution in [3.63, 3.8) is 0 Å². The van der Waals surface area contributed by atoms with Gasteiger partial charge in [-0.2, -0.15) is 0 Å². The van der Waals surface area contributed by atoms with Gasteiger partial charge in [0.2, 0.25) is 5.91 Å². The molecule has 0 aromatic rings. The lowest BCUT2D eigenvalue weighted by atomic mass is 9.49. The van der Waals surface area contributed by atoms with E-state index in [1.165, 1.54) is 38.5 Å². The minimum absolute atomic E-state index is 0.117. The van der Waals surface area contributed by atoms with Crippen LogP contribution in [-0.4, -0.2) is 54.3 Å². The number of carbonyl (C=O) groups is 1.